The van der Waals surface area contributed by atoms with Gasteiger partial charge in [0.1, 0.15) is 6.54 Å². The van der Waals surface area contributed by atoms with E-state index in [0.29, 0.717) is 0 Å². The molecule has 0 saturated heterocycles. The smallest absolute Gasteiger partial charge is 0.319 e. The van der Waals surface area contributed by atoms with Crippen LogP contribution in [0.5, 0.6) is 0 Å². The van der Waals surface area contributed by atoms with Crippen LogP contribution in [0.1, 0.15) is 27.7 Å². The number of aliphatic hydroxyl groups excluding tert-OH is 1. The lowest BCUT2D eigenvalue weighted by molar-refractivity contribution is -0.870. The fourth-order valence-electron chi connectivity index (χ4n) is 0.300. The second-order valence-corrected chi connectivity index (χ2v) is 8.76. The molecule has 144 valence electrons. The van der Waals surface area contributed by atoms with Crippen LogP contribution < -0.4 is 0 Å². The Morgan fingerprint density at radius 3 is 0.864 bits per heavy atom. The fraction of sp³-hybridized carbons (Fsp3) is 1.00. The Balaban J connectivity index is -0.0000000388. The van der Waals surface area contributed by atoms with Gasteiger partial charge < -0.3 is 39.0 Å². The molecule has 0 spiro atoms. The lowest BCUT2D eigenvalue weighted by Crippen LogP contribution is -2.36. The minimum Gasteiger partial charge on any atom is -0.391 e. The highest BCUT2D eigenvalue weighted by Crippen LogP contribution is 2.26. The maximum absolute atomic E-state index is 8.39. The molecule has 0 bridgehead atoms. The van der Waals surface area contributed by atoms with E-state index in [-0.39, 0.29) is 19.0 Å². The molecule has 13 heteroatoms. The van der Waals surface area contributed by atoms with Crippen LogP contribution in [0.3, 0.4) is 0 Å². The topological polar surface area (TPSA) is 142 Å². The predicted octanol–water partition coefficient (Wildman–Crippen LogP) is 0.535. The Labute approximate surface area is 150 Å². The van der Waals surface area contributed by atoms with Gasteiger partial charge in [0.25, 0.3) is 0 Å². The van der Waals surface area contributed by atoms with E-state index in [1.807, 2.05) is 27.7 Å². The largest absolute Gasteiger partial charge is 0.391 e. The van der Waals surface area contributed by atoms with Gasteiger partial charge in [0.05, 0.1) is 27.7 Å². The number of halogens is 1. The zero-order valence-electron chi connectivity index (χ0n) is 14.1. The number of quaternary nitrogens is 1. The van der Waals surface area contributed by atoms with Crippen LogP contribution in [-0.2, 0) is 23.6 Å². The average molecular weight is 429 g/mol. The summed E-state index contributed by atoms with van der Waals surface area (Å²) in [5.74, 6) is 0. The number of hydrogen-bond donors (Lipinski definition) is 7. The van der Waals surface area contributed by atoms with E-state index in [1.165, 1.54) is 0 Å². The molecule has 0 aromatic carbocycles. The van der Waals surface area contributed by atoms with E-state index in [2.05, 4.69) is 44.8 Å². The molecule has 0 saturated carbocycles. The molecular formula is C9H33ClNO7P2S2+. The minimum absolute atomic E-state index is 0. The Morgan fingerprint density at radius 2 is 0.864 bits per heavy atom. The van der Waals surface area contributed by atoms with Crippen molar-refractivity contribution in [1.29, 1.82) is 0 Å². The standard InChI is InChI=1S/C5H14NO.2C2H6.ClH.2H3O3PS/c1-6(2,3)4-5-7;2*1-2;;2*1-4(2,3)5/h7H,4-5H2,1-3H3;2*1-2H3;1H;2*(H3,1,2,3,5)/q+1;;;;;. The zero-order chi connectivity index (χ0) is 18.9. The van der Waals surface area contributed by atoms with Crippen molar-refractivity contribution in [1.82, 2.24) is 0 Å². The van der Waals surface area contributed by atoms with Gasteiger partial charge >= 0.3 is 13.4 Å². The Kier molecular flexibility index (Phi) is 39.2. The van der Waals surface area contributed by atoms with Crippen molar-refractivity contribution in [2.24, 2.45) is 0 Å². The number of rotatable bonds is 2. The number of aliphatic hydroxyl groups is 1. The molecule has 0 amide bonds. The van der Waals surface area contributed by atoms with Gasteiger partial charge in [-0.15, -0.1) is 12.4 Å². The highest BCUT2D eigenvalue weighted by Gasteiger charge is 2.02. The van der Waals surface area contributed by atoms with E-state index in [1.54, 1.807) is 0 Å². The summed E-state index contributed by atoms with van der Waals surface area (Å²) >= 11 is 7.21. The van der Waals surface area contributed by atoms with Gasteiger partial charge in [0, 0.05) is 0 Å². The average Bonchev–Trinajstić information content (AvgIpc) is 2.16. The monoisotopic (exact) mass is 428 g/mol. The molecule has 0 aromatic rings. The Morgan fingerprint density at radius 1 is 0.727 bits per heavy atom. The first-order valence-electron chi connectivity index (χ1n) is 6.04. The highest BCUT2D eigenvalue weighted by molar-refractivity contribution is 8.06. The third kappa shape index (κ3) is 315. The maximum atomic E-state index is 8.39. The van der Waals surface area contributed by atoms with Crippen molar-refractivity contribution in [3.8, 4) is 0 Å². The van der Waals surface area contributed by atoms with Crippen LogP contribution in [0, 0.1) is 0 Å². The van der Waals surface area contributed by atoms with E-state index >= 15 is 0 Å². The molecule has 22 heavy (non-hydrogen) atoms. The number of nitrogens with zero attached hydrogens (tertiary/aromatic N) is 1. The maximum Gasteiger partial charge on any atom is 0.319 e. The molecule has 0 aliphatic carbocycles. The summed E-state index contributed by atoms with van der Waals surface area (Å²) in [6.45, 7) is 1.50. The molecule has 0 aliphatic rings. The van der Waals surface area contributed by atoms with Gasteiger partial charge in [-0.05, 0) is 23.6 Å². The van der Waals surface area contributed by atoms with E-state index in [0.717, 1.165) is 11.0 Å². The first-order valence-corrected chi connectivity index (χ1v) is 11.4. The van der Waals surface area contributed by atoms with Crippen LogP contribution in [0.15, 0.2) is 0 Å². The molecule has 7 N–H and O–H groups in total. The second-order valence-electron chi connectivity index (χ2n) is 3.76. The summed E-state index contributed by atoms with van der Waals surface area (Å²) < 4.78 is 0.844. The van der Waals surface area contributed by atoms with Crippen molar-refractivity contribution >= 4 is 49.5 Å². The molecule has 0 rings (SSSR count). The van der Waals surface area contributed by atoms with Crippen LogP contribution in [0.25, 0.3) is 0 Å². The summed E-state index contributed by atoms with van der Waals surface area (Å²) in [5.41, 5.74) is 0. The summed E-state index contributed by atoms with van der Waals surface area (Å²) in [7, 11) is 6.16. The first kappa shape index (κ1) is 38.7. The lowest BCUT2D eigenvalue weighted by atomic mass is 10.5. The summed E-state index contributed by atoms with van der Waals surface area (Å²) in [6, 6.07) is 0. The van der Waals surface area contributed by atoms with Crippen LogP contribution >= 0.6 is 25.8 Å². The van der Waals surface area contributed by atoms with Crippen LogP contribution in [0.4, 0.5) is 0 Å². The molecule has 0 aromatic heterocycles. The molecule has 0 unspecified atom stereocenters. The molecule has 0 aliphatic heterocycles. The Bertz CT molecular complexity index is 245. The highest BCUT2D eigenvalue weighted by atomic mass is 35.5. The fourth-order valence-corrected chi connectivity index (χ4v) is 0.300. The number of likely N-dealkylation sites (N-methyl/N-ethyl adjacent to an activating group) is 1. The van der Waals surface area contributed by atoms with E-state index in [9.17, 15) is 0 Å². The quantitative estimate of drug-likeness (QED) is 0.248. The van der Waals surface area contributed by atoms with Crippen LogP contribution in [-0.4, -0.2) is 73.2 Å². The third-order valence-corrected chi connectivity index (χ3v) is 0.771. The summed E-state index contributed by atoms with van der Waals surface area (Å²) in [6.07, 6.45) is 0. The van der Waals surface area contributed by atoms with Gasteiger partial charge in [-0.2, -0.15) is 0 Å². The number of hydrogen-bond acceptors (Lipinski definition) is 3. The van der Waals surface area contributed by atoms with Gasteiger partial charge in [0.2, 0.25) is 0 Å². The normalized spacial score (nSPS) is 9.73. The van der Waals surface area contributed by atoms with E-state index in [4.69, 9.17) is 34.5 Å². The zero-order valence-corrected chi connectivity index (χ0v) is 18.3. The molecular weight excluding hydrogens is 396 g/mol. The Hall–Kier alpha value is 1.27. The third-order valence-electron chi connectivity index (χ3n) is 0.771. The summed E-state index contributed by atoms with van der Waals surface area (Å²) in [5, 5.41) is 8.39. The first-order chi connectivity index (χ1) is 9.06. The van der Waals surface area contributed by atoms with Crippen molar-refractivity contribution in [3.05, 3.63) is 0 Å². The molecule has 8 nitrogen and oxygen atoms in total. The SMILES string of the molecule is CC.CC.C[N+](C)(C)CCO.Cl.OP(O)(O)=S.OP(O)(O)=S. The van der Waals surface area contributed by atoms with Crippen molar-refractivity contribution in [2.45, 2.75) is 27.7 Å². The van der Waals surface area contributed by atoms with Gasteiger partial charge in [-0.3, -0.25) is 0 Å². The van der Waals surface area contributed by atoms with E-state index < -0.39 is 13.4 Å². The van der Waals surface area contributed by atoms with Crippen molar-refractivity contribution in [2.75, 3.05) is 34.3 Å². The molecule has 0 radical (unpaired) electrons. The predicted molar refractivity (Wildman–Crippen MR) is 102 cm³/mol. The molecule has 0 atom stereocenters. The second kappa shape index (κ2) is 22.3. The van der Waals surface area contributed by atoms with Crippen molar-refractivity contribution in [3.63, 3.8) is 0 Å². The van der Waals surface area contributed by atoms with Crippen molar-refractivity contribution < 1.29 is 39.0 Å². The van der Waals surface area contributed by atoms with Gasteiger partial charge in [0.15, 0.2) is 0 Å². The molecule has 0 fully saturated rings. The lowest BCUT2D eigenvalue weighted by Gasteiger charge is -2.21. The minimum atomic E-state index is -3.81. The van der Waals surface area contributed by atoms with Gasteiger partial charge in [-0.25, -0.2) is 0 Å². The summed E-state index contributed by atoms with van der Waals surface area (Å²) in [4.78, 5) is 45.3. The van der Waals surface area contributed by atoms with Crippen LogP contribution in [0.2, 0.25) is 0 Å². The molecule has 0 heterocycles. The van der Waals surface area contributed by atoms with Gasteiger partial charge in [-0.1, -0.05) is 27.7 Å².